The first-order chi connectivity index (χ1) is 13.2. The SMILES string of the molecule is CCc1ccc(C(=O)C[C@H](Nc2ccccc2)c2ccc(OC)cc2)cc1. The van der Waals surface area contributed by atoms with Gasteiger partial charge in [-0.1, -0.05) is 61.5 Å². The van der Waals surface area contributed by atoms with Crippen LogP contribution in [0.1, 0.15) is 40.9 Å². The van der Waals surface area contributed by atoms with Gasteiger partial charge in [-0.25, -0.2) is 0 Å². The van der Waals surface area contributed by atoms with Gasteiger partial charge in [0.15, 0.2) is 5.78 Å². The lowest BCUT2D eigenvalue weighted by Crippen LogP contribution is -2.16. The molecule has 0 unspecified atom stereocenters. The summed E-state index contributed by atoms with van der Waals surface area (Å²) in [5.41, 5.74) is 4.03. The average molecular weight is 359 g/mol. The van der Waals surface area contributed by atoms with E-state index in [1.165, 1.54) is 5.56 Å². The Labute approximate surface area is 161 Å². The second-order valence-electron chi connectivity index (χ2n) is 6.51. The van der Waals surface area contributed by atoms with Gasteiger partial charge in [0.05, 0.1) is 13.2 Å². The number of anilines is 1. The predicted molar refractivity (Wildman–Crippen MR) is 111 cm³/mol. The summed E-state index contributed by atoms with van der Waals surface area (Å²) in [4.78, 5) is 12.9. The van der Waals surface area contributed by atoms with Gasteiger partial charge in [-0.3, -0.25) is 4.79 Å². The zero-order chi connectivity index (χ0) is 19.1. The molecule has 27 heavy (non-hydrogen) atoms. The molecule has 0 radical (unpaired) electrons. The first kappa shape index (κ1) is 18.7. The second kappa shape index (κ2) is 9.04. The van der Waals surface area contributed by atoms with Gasteiger partial charge in [0, 0.05) is 17.7 Å². The maximum absolute atomic E-state index is 12.9. The molecule has 0 fully saturated rings. The number of ketones is 1. The number of nitrogens with one attached hydrogen (secondary N) is 1. The van der Waals surface area contributed by atoms with Gasteiger partial charge in [-0.2, -0.15) is 0 Å². The zero-order valence-electron chi connectivity index (χ0n) is 15.8. The smallest absolute Gasteiger partial charge is 0.165 e. The number of rotatable bonds is 8. The minimum Gasteiger partial charge on any atom is -0.497 e. The maximum atomic E-state index is 12.9. The molecule has 0 heterocycles. The van der Waals surface area contributed by atoms with Crippen molar-refractivity contribution in [1.82, 2.24) is 0 Å². The lowest BCUT2D eigenvalue weighted by molar-refractivity contribution is 0.0976. The summed E-state index contributed by atoms with van der Waals surface area (Å²) >= 11 is 0. The van der Waals surface area contributed by atoms with Crippen molar-refractivity contribution in [2.24, 2.45) is 0 Å². The maximum Gasteiger partial charge on any atom is 0.165 e. The van der Waals surface area contributed by atoms with Crippen LogP contribution in [0.15, 0.2) is 78.9 Å². The Morgan fingerprint density at radius 2 is 1.59 bits per heavy atom. The van der Waals surface area contributed by atoms with Crippen molar-refractivity contribution in [2.75, 3.05) is 12.4 Å². The van der Waals surface area contributed by atoms with Crippen LogP contribution >= 0.6 is 0 Å². The predicted octanol–water partition coefficient (Wildman–Crippen LogP) is 5.68. The largest absolute Gasteiger partial charge is 0.497 e. The van der Waals surface area contributed by atoms with Gasteiger partial charge in [0.25, 0.3) is 0 Å². The van der Waals surface area contributed by atoms with E-state index in [4.69, 9.17) is 4.74 Å². The fourth-order valence-electron chi connectivity index (χ4n) is 3.05. The molecule has 0 bridgehead atoms. The molecule has 0 aromatic heterocycles. The summed E-state index contributed by atoms with van der Waals surface area (Å²) in [6.07, 6.45) is 1.35. The van der Waals surface area contributed by atoms with E-state index in [2.05, 4.69) is 12.2 Å². The summed E-state index contributed by atoms with van der Waals surface area (Å²) < 4.78 is 5.25. The number of ether oxygens (including phenoxy) is 1. The highest BCUT2D eigenvalue weighted by Gasteiger charge is 2.17. The third-order valence-corrected chi connectivity index (χ3v) is 4.71. The molecule has 1 N–H and O–H groups in total. The standard InChI is InChI=1S/C24H25NO2/c1-3-18-9-11-20(12-10-18)24(26)17-23(25-21-7-5-4-6-8-21)19-13-15-22(27-2)16-14-19/h4-16,23,25H,3,17H2,1-2H3/t23-/m0/s1. The highest BCUT2D eigenvalue weighted by Crippen LogP contribution is 2.26. The number of carbonyl (C=O) groups is 1. The van der Waals surface area contributed by atoms with Crippen LogP contribution in [0, 0.1) is 0 Å². The van der Waals surface area contributed by atoms with Crippen molar-refractivity contribution >= 4 is 11.5 Å². The molecular weight excluding hydrogens is 334 g/mol. The Morgan fingerprint density at radius 1 is 0.926 bits per heavy atom. The van der Waals surface area contributed by atoms with Crippen molar-refractivity contribution in [3.63, 3.8) is 0 Å². The van der Waals surface area contributed by atoms with E-state index in [0.29, 0.717) is 6.42 Å². The normalized spacial score (nSPS) is 11.6. The lowest BCUT2D eigenvalue weighted by atomic mass is 9.96. The van der Waals surface area contributed by atoms with Crippen molar-refractivity contribution < 1.29 is 9.53 Å². The molecule has 0 amide bonds. The van der Waals surface area contributed by atoms with Crippen molar-refractivity contribution in [2.45, 2.75) is 25.8 Å². The Morgan fingerprint density at radius 3 is 2.19 bits per heavy atom. The third kappa shape index (κ3) is 4.98. The number of aryl methyl sites for hydroxylation is 1. The Balaban J connectivity index is 1.82. The second-order valence-corrected chi connectivity index (χ2v) is 6.51. The van der Waals surface area contributed by atoms with Crippen LogP contribution in [-0.2, 0) is 6.42 Å². The number of hydrogen-bond donors (Lipinski definition) is 1. The lowest BCUT2D eigenvalue weighted by Gasteiger charge is -2.20. The van der Waals surface area contributed by atoms with Crippen LogP contribution in [-0.4, -0.2) is 12.9 Å². The molecule has 0 spiro atoms. The van der Waals surface area contributed by atoms with E-state index in [0.717, 1.165) is 29.0 Å². The molecule has 1 atom stereocenters. The Bertz CT molecular complexity index is 855. The van der Waals surface area contributed by atoms with Crippen LogP contribution in [0.3, 0.4) is 0 Å². The van der Waals surface area contributed by atoms with Gasteiger partial charge in [0.2, 0.25) is 0 Å². The molecule has 0 saturated heterocycles. The number of para-hydroxylation sites is 1. The van der Waals surface area contributed by atoms with E-state index in [1.54, 1.807) is 7.11 Å². The molecule has 3 aromatic carbocycles. The van der Waals surface area contributed by atoms with E-state index >= 15 is 0 Å². The summed E-state index contributed by atoms with van der Waals surface area (Å²) in [5.74, 6) is 0.931. The number of Topliss-reactive ketones (excluding diaryl/α,β-unsaturated/α-hetero) is 1. The molecule has 0 saturated carbocycles. The number of methoxy groups -OCH3 is 1. The summed E-state index contributed by atoms with van der Waals surface area (Å²) in [5, 5.41) is 3.49. The van der Waals surface area contributed by atoms with E-state index in [-0.39, 0.29) is 11.8 Å². The quantitative estimate of drug-likeness (QED) is 0.526. The highest BCUT2D eigenvalue weighted by atomic mass is 16.5. The van der Waals surface area contributed by atoms with Crippen molar-refractivity contribution in [3.05, 3.63) is 95.6 Å². The topological polar surface area (TPSA) is 38.3 Å². The van der Waals surface area contributed by atoms with Gasteiger partial charge >= 0.3 is 0 Å². The Kier molecular flexibility index (Phi) is 6.26. The van der Waals surface area contributed by atoms with Crippen LogP contribution in [0.25, 0.3) is 0 Å². The molecule has 3 heteroatoms. The number of carbonyl (C=O) groups excluding carboxylic acids is 1. The van der Waals surface area contributed by atoms with Crippen LogP contribution in [0.5, 0.6) is 5.75 Å². The van der Waals surface area contributed by atoms with E-state index < -0.39 is 0 Å². The third-order valence-electron chi connectivity index (χ3n) is 4.71. The number of benzene rings is 3. The minimum absolute atomic E-state index is 0.114. The van der Waals surface area contributed by atoms with Crippen LogP contribution in [0.2, 0.25) is 0 Å². The molecule has 3 nitrogen and oxygen atoms in total. The van der Waals surface area contributed by atoms with Gasteiger partial charge in [0.1, 0.15) is 5.75 Å². The molecule has 3 aromatic rings. The van der Waals surface area contributed by atoms with Gasteiger partial charge in [-0.15, -0.1) is 0 Å². The van der Waals surface area contributed by atoms with Crippen LogP contribution < -0.4 is 10.1 Å². The van der Waals surface area contributed by atoms with Crippen LogP contribution in [0.4, 0.5) is 5.69 Å². The summed E-state index contributed by atoms with van der Waals surface area (Å²) in [6.45, 7) is 2.11. The zero-order valence-corrected chi connectivity index (χ0v) is 15.8. The van der Waals surface area contributed by atoms with E-state index in [9.17, 15) is 4.79 Å². The fourth-order valence-corrected chi connectivity index (χ4v) is 3.05. The van der Waals surface area contributed by atoms with Crippen molar-refractivity contribution in [1.29, 1.82) is 0 Å². The Hall–Kier alpha value is -3.07. The molecule has 3 rings (SSSR count). The summed E-state index contributed by atoms with van der Waals surface area (Å²) in [7, 11) is 1.65. The monoisotopic (exact) mass is 359 g/mol. The fraction of sp³-hybridized carbons (Fsp3) is 0.208. The van der Waals surface area contributed by atoms with E-state index in [1.807, 2.05) is 78.9 Å². The van der Waals surface area contributed by atoms with Gasteiger partial charge in [-0.05, 0) is 41.8 Å². The first-order valence-electron chi connectivity index (χ1n) is 9.27. The highest BCUT2D eigenvalue weighted by molar-refractivity contribution is 5.96. The number of hydrogen-bond acceptors (Lipinski definition) is 3. The van der Waals surface area contributed by atoms with Gasteiger partial charge < -0.3 is 10.1 Å². The molecule has 138 valence electrons. The molecule has 0 aliphatic heterocycles. The van der Waals surface area contributed by atoms with Crippen molar-refractivity contribution in [3.8, 4) is 5.75 Å². The molecule has 0 aliphatic rings. The summed E-state index contributed by atoms with van der Waals surface area (Å²) in [6, 6.07) is 25.6. The first-order valence-corrected chi connectivity index (χ1v) is 9.27. The minimum atomic E-state index is -0.114. The average Bonchev–Trinajstić information content (AvgIpc) is 2.74. The molecular formula is C24H25NO2. The molecule has 0 aliphatic carbocycles.